The summed E-state index contributed by atoms with van der Waals surface area (Å²) in [6, 6.07) is 8.01. The Morgan fingerprint density at radius 2 is 1.71 bits per heavy atom. The van der Waals surface area contributed by atoms with Crippen LogP contribution in [0.15, 0.2) is 30.3 Å². The van der Waals surface area contributed by atoms with Gasteiger partial charge in [0.1, 0.15) is 6.04 Å². The first-order valence-electron chi connectivity index (χ1n) is 7.02. The Morgan fingerprint density at radius 1 is 1.10 bits per heavy atom. The number of hydrogen-bond acceptors (Lipinski definition) is 3. The number of benzene rings is 1. The minimum atomic E-state index is -1.04. The van der Waals surface area contributed by atoms with Crippen molar-refractivity contribution in [1.29, 1.82) is 0 Å². The third-order valence-electron chi connectivity index (χ3n) is 3.15. The normalized spacial score (nSPS) is 12.0. The van der Waals surface area contributed by atoms with Crippen LogP contribution in [0.4, 0.5) is 0 Å². The molecule has 114 valence electrons. The van der Waals surface area contributed by atoms with E-state index in [1.54, 1.807) is 38.1 Å². The van der Waals surface area contributed by atoms with Crippen LogP contribution in [0.3, 0.4) is 0 Å². The highest BCUT2D eigenvalue weighted by Crippen LogP contribution is 2.08. The van der Waals surface area contributed by atoms with Gasteiger partial charge in [-0.15, -0.1) is 0 Å². The van der Waals surface area contributed by atoms with Gasteiger partial charge in [-0.3, -0.25) is 9.59 Å². The van der Waals surface area contributed by atoms with Gasteiger partial charge in [0.25, 0.3) is 0 Å². The Bertz CT molecular complexity index is 496. The summed E-state index contributed by atoms with van der Waals surface area (Å²) in [5, 5.41) is 11.5. The van der Waals surface area contributed by atoms with Crippen molar-refractivity contribution in [2.75, 3.05) is 0 Å². The van der Waals surface area contributed by atoms with Crippen LogP contribution in [0.1, 0.15) is 43.5 Å². The number of carboxylic acids is 1. The van der Waals surface area contributed by atoms with E-state index in [0.717, 1.165) is 0 Å². The average Bonchev–Trinajstić information content (AvgIpc) is 2.45. The highest BCUT2D eigenvalue weighted by molar-refractivity contribution is 5.96. The van der Waals surface area contributed by atoms with E-state index in [2.05, 4.69) is 5.32 Å². The Kier molecular flexibility index (Phi) is 6.59. The molecular weight excluding hydrogens is 270 g/mol. The molecular formula is C16H21NO4. The van der Waals surface area contributed by atoms with Gasteiger partial charge in [-0.2, -0.15) is 0 Å². The molecule has 0 radical (unpaired) electrons. The molecule has 1 atom stereocenters. The third-order valence-corrected chi connectivity index (χ3v) is 3.15. The Hall–Kier alpha value is -2.17. The molecule has 1 aromatic carbocycles. The van der Waals surface area contributed by atoms with Crippen LogP contribution < -0.4 is 5.32 Å². The zero-order valence-corrected chi connectivity index (χ0v) is 12.3. The summed E-state index contributed by atoms with van der Waals surface area (Å²) in [5.74, 6) is -1.57. The first-order valence-corrected chi connectivity index (χ1v) is 7.02. The maximum atomic E-state index is 11.8. The zero-order chi connectivity index (χ0) is 15.8. The number of hydrogen-bond donors (Lipinski definition) is 2. The van der Waals surface area contributed by atoms with Crippen molar-refractivity contribution in [3.05, 3.63) is 35.9 Å². The van der Waals surface area contributed by atoms with Crippen molar-refractivity contribution in [2.24, 2.45) is 5.92 Å². The summed E-state index contributed by atoms with van der Waals surface area (Å²) in [7, 11) is 0. The second-order valence-electron chi connectivity index (χ2n) is 5.27. The van der Waals surface area contributed by atoms with Crippen LogP contribution in [-0.4, -0.2) is 28.8 Å². The van der Waals surface area contributed by atoms with Crippen molar-refractivity contribution in [2.45, 2.75) is 39.2 Å². The number of carboxylic acid groups (broad SMARTS) is 1. The molecule has 1 rings (SSSR count). The summed E-state index contributed by atoms with van der Waals surface area (Å²) < 4.78 is 0. The van der Waals surface area contributed by atoms with E-state index in [9.17, 15) is 14.4 Å². The molecule has 0 fully saturated rings. The first kappa shape index (κ1) is 16.9. The molecule has 1 unspecified atom stereocenters. The number of ketones is 1. The lowest BCUT2D eigenvalue weighted by Gasteiger charge is -2.17. The van der Waals surface area contributed by atoms with Crippen molar-refractivity contribution in [3.8, 4) is 0 Å². The molecule has 0 aliphatic carbocycles. The molecule has 21 heavy (non-hydrogen) atoms. The second kappa shape index (κ2) is 8.19. The standard InChI is InChI=1S/C16H21NO4/c1-11(2)15(16(20)21)17-14(19)10-6-9-13(18)12-7-4-3-5-8-12/h3-5,7-8,11,15H,6,9-10H2,1-2H3,(H,17,19)(H,20,21). The lowest BCUT2D eigenvalue weighted by molar-refractivity contribution is -0.143. The van der Waals surface area contributed by atoms with Crippen LogP contribution in [-0.2, 0) is 9.59 Å². The molecule has 0 aliphatic heterocycles. The minimum Gasteiger partial charge on any atom is -0.480 e. The molecule has 0 aliphatic rings. The minimum absolute atomic E-state index is 0.0120. The molecule has 0 bridgehead atoms. The van der Waals surface area contributed by atoms with E-state index in [-0.39, 0.29) is 30.4 Å². The quantitative estimate of drug-likeness (QED) is 0.720. The largest absolute Gasteiger partial charge is 0.480 e. The van der Waals surface area contributed by atoms with Gasteiger partial charge < -0.3 is 10.4 Å². The smallest absolute Gasteiger partial charge is 0.326 e. The lowest BCUT2D eigenvalue weighted by atomic mass is 10.0. The fourth-order valence-electron chi connectivity index (χ4n) is 1.94. The Balaban J connectivity index is 2.37. The average molecular weight is 291 g/mol. The lowest BCUT2D eigenvalue weighted by Crippen LogP contribution is -2.44. The summed E-state index contributed by atoms with van der Waals surface area (Å²) in [5.41, 5.74) is 0.628. The number of rotatable bonds is 8. The first-order chi connectivity index (χ1) is 9.91. The van der Waals surface area contributed by atoms with Gasteiger partial charge in [-0.05, 0) is 12.3 Å². The fraction of sp³-hybridized carbons (Fsp3) is 0.438. The number of carbonyl (C=O) groups is 3. The fourth-order valence-corrected chi connectivity index (χ4v) is 1.94. The monoisotopic (exact) mass is 291 g/mol. The Morgan fingerprint density at radius 3 is 2.24 bits per heavy atom. The number of Topliss-reactive ketones (excluding diaryl/α,β-unsaturated/α-hetero) is 1. The number of nitrogens with one attached hydrogen (secondary N) is 1. The predicted molar refractivity (Wildman–Crippen MR) is 79.0 cm³/mol. The predicted octanol–water partition coefficient (Wildman–Crippen LogP) is 2.26. The summed E-state index contributed by atoms with van der Waals surface area (Å²) >= 11 is 0. The van der Waals surface area contributed by atoms with Crippen molar-refractivity contribution >= 4 is 17.7 Å². The Labute approximate surface area is 124 Å². The van der Waals surface area contributed by atoms with Crippen molar-refractivity contribution < 1.29 is 19.5 Å². The molecule has 1 aromatic rings. The van der Waals surface area contributed by atoms with Crippen LogP contribution >= 0.6 is 0 Å². The topological polar surface area (TPSA) is 83.5 Å². The summed E-state index contributed by atoms with van der Waals surface area (Å²) in [4.78, 5) is 34.5. The van der Waals surface area contributed by atoms with Gasteiger partial charge in [0.05, 0.1) is 0 Å². The number of aliphatic carboxylic acids is 1. The van der Waals surface area contributed by atoms with Gasteiger partial charge in [0.2, 0.25) is 5.91 Å². The highest BCUT2D eigenvalue weighted by Gasteiger charge is 2.23. The SMILES string of the molecule is CC(C)C(NC(=O)CCCC(=O)c1ccccc1)C(=O)O. The molecule has 0 saturated heterocycles. The van der Waals surface area contributed by atoms with Crippen LogP contribution in [0, 0.1) is 5.92 Å². The van der Waals surface area contributed by atoms with E-state index < -0.39 is 12.0 Å². The number of amides is 1. The van der Waals surface area contributed by atoms with Crippen molar-refractivity contribution in [3.63, 3.8) is 0 Å². The van der Waals surface area contributed by atoms with E-state index in [4.69, 9.17) is 5.11 Å². The van der Waals surface area contributed by atoms with Crippen LogP contribution in [0.25, 0.3) is 0 Å². The van der Waals surface area contributed by atoms with Crippen molar-refractivity contribution in [1.82, 2.24) is 5.32 Å². The maximum Gasteiger partial charge on any atom is 0.326 e. The summed E-state index contributed by atoms with van der Waals surface area (Å²) in [6.07, 6.45) is 0.829. The molecule has 0 aromatic heterocycles. The van der Waals surface area contributed by atoms with Gasteiger partial charge >= 0.3 is 5.97 Å². The molecule has 2 N–H and O–H groups in total. The third kappa shape index (κ3) is 5.77. The molecule has 5 nitrogen and oxygen atoms in total. The van der Waals surface area contributed by atoms with E-state index in [0.29, 0.717) is 12.0 Å². The van der Waals surface area contributed by atoms with E-state index in [1.165, 1.54) is 0 Å². The molecule has 0 heterocycles. The van der Waals surface area contributed by atoms with Crippen LogP contribution in [0.5, 0.6) is 0 Å². The van der Waals surface area contributed by atoms with Gasteiger partial charge in [-0.1, -0.05) is 44.2 Å². The second-order valence-corrected chi connectivity index (χ2v) is 5.27. The molecule has 0 spiro atoms. The molecule has 0 saturated carbocycles. The van der Waals surface area contributed by atoms with Gasteiger partial charge in [0.15, 0.2) is 5.78 Å². The maximum absolute atomic E-state index is 11.8. The summed E-state index contributed by atoms with van der Waals surface area (Å²) in [6.45, 7) is 3.47. The highest BCUT2D eigenvalue weighted by atomic mass is 16.4. The zero-order valence-electron chi connectivity index (χ0n) is 12.3. The van der Waals surface area contributed by atoms with E-state index in [1.807, 2.05) is 6.07 Å². The molecule has 5 heteroatoms. The van der Waals surface area contributed by atoms with Crippen LogP contribution in [0.2, 0.25) is 0 Å². The van der Waals surface area contributed by atoms with Gasteiger partial charge in [-0.25, -0.2) is 4.79 Å². The molecule has 1 amide bonds. The van der Waals surface area contributed by atoms with E-state index >= 15 is 0 Å². The number of carbonyl (C=O) groups excluding carboxylic acids is 2. The van der Waals surface area contributed by atoms with Gasteiger partial charge in [0, 0.05) is 18.4 Å².